The molecule has 2 aromatic carbocycles. The molecule has 0 saturated carbocycles. The van der Waals surface area contributed by atoms with Crippen molar-refractivity contribution in [3.63, 3.8) is 0 Å². The first kappa shape index (κ1) is 30.5. The fourth-order valence-electron chi connectivity index (χ4n) is 6.15. The van der Waals surface area contributed by atoms with E-state index in [2.05, 4.69) is 25.2 Å². The molecule has 1 atom stereocenters. The molecular formula is C32H38FN7O5. The number of methoxy groups -OCH3 is 1. The van der Waals surface area contributed by atoms with Crippen LogP contribution in [0.3, 0.4) is 0 Å². The van der Waals surface area contributed by atoms with E-state index in [1.54, 1.807) is 56.3 Å². The summed E-state index contributed by atoms with van der Waals surface area (Å²) in [5.41, 5.74) is 1.93. The number of ether oxygens (including phenoxy) is 3. The largest absolute Gasteiger partial charge is 0.493 e. The van der Waals surface area contributed by atoms with Crippen molar-refractivity contribution in [1.82, 2.24) is 35.0 Å². The summed E-state index contributed by atoms with van der Waals surface area (Å²) >= 11 is 0. The second-order valence-electron chi connectivity index (χ2n) is 11.3. The summed E-state index contributed by atoms with van der Waals surface area (Å²) in [5.74, 6) is 0.710. The predicted molar refractivity (Wildman–Crippen MR) is 166 cm³/mol. The van der Waals surface area contributed by atoms with Crippen LogP contribution < -0.4 is 19.5 Å². The van der Waals surface area contributed by atoms with Gasteiger partial charge in [-0.1, -0.05) is 0 Å². The summed E-state index contributed by atoms with van der Waals surface area (Å²) in [6, 6.07) is 6.50. The number of carbonyl (C=O) groups excluding carboxylic acids is 2. The Labute approximate surface area is 260 Å². The Kier molecular flexibility index (Phi) is 8.99. The molecule has 4 heterocycles. The minimum absolute atomic E-state index is 0.00500. The lowest BCUT2D eigenvalue weighted by molar-refractivity contribution is -0.132. The lowest BCUT2D eigenvalue weighted by atomic mass is 9.99. The summed E-state index contributed by atoms with van der Waals surface area (Å²) in [7, 11) is 1.55. The maximum absolute atomic E-state index is 15.8. The fourth-order valence-corrected chi connectivity index (χ4v) is 6.15. The van der Waals surface area contributed by atoms with Gasteiger partial charge in [0.1, 0.15) is 6.33 Å². The maximum Gasteiger partial charge on any atom is 0.230 e. The van der Waals surface area contributed by atoms with Crippen LogP contribution in [0.15, 0.2) is 36.8 Å². The highest BCUT2D eigenvalue weighted by Gasteiger charge is 2.30. The first-order valence-electron chi connectivity index (χ1n) is 15.2. The summed E-state index contributed by atoms with van der Waals surface area (Å²) in [5, 5.41) is 4.23. The SMILES string of the molecule is COc1cc2c(Oc3cc(C4CNCCN4C(C)=O)c4[nH]ccc4c3F)ncnc2cc1OCCCN1CCN(C(C)=O)CC1. The third-order valence-electron chi connectivity index (χ3n) is 8.57. The van der Waals surface area contributed by atoms with E-state index in [0.717, 1.165) is 44.7 Å². The Morgan fingerprint density at radius 1 is 1.00 bits per heavy atom. The van der Waals surface area contributed by atoms with Crippen LogP contribution in [-0.2, 0) is 9.59 Å². The molecular weight excluding hydrogens is 581 g/mol. The highest BCUT2D eigenvalue weighted by atomic mass is 19.1. The van der Waals surface area contributed by atoms with Crippen LogP contribution >= 0.6 is 0 Å². The number of carbonyl (C=O) groups is 2. The van der Waals surface area contributed by atoms with Crippen LogP contribution in [0.1, 0.15) is 31.9 Å². The van der Waals surface area contributed by atoms with Crippen molar-refractivity contribution in [1.29, 1.82) is 0 Å². The Balaban J connectivity index is 1.22. The van der Waals surface area contributed by atoms with Gasteiger partial charge < -0.3 is 34.3 Å². The summed E-state index contributed by atoms with van der Waals surface area (Å²) < 4.78 is 33.7. The van der Waals surface area contributed by atoms with Gasteiger partial charge in [-0.25, -0.2) is 14.4 Å². The number of nitrogens with zero attached hydrogens (tertiary/aromatic N) is 5. The number of aromatic nitrogens is 3. The minimum Gasteiger partial charge on any atom is -0.493 e. The van der Waals surface area contributed by atoms with E-state index in [-0.39, 0.29) is 29.5 Å². The van der Waals surface area contributed by atoms with Crippen LogP contribution in [0, 0.1) is 5.82 Å². The topological polar surface area (TPSA) is 125 Å². The molecule has 2 aliphatic heterocycles. The molecule has 2 N–H and O–H groups in total. The molecule has 2 amide bonds. The van der Waals surface area contributed by atoms with E-state index in [9.17, 15) is 9.59 Å². The number of hydrogen-bond acceptors (Lipinski definition) is 9. The van der Waals surface area contributed by atoms with Crippen molar-refractivity contribution < 1.29 is 28.2 Å². The van der Waals surface area contributed by atoms with Gasteiger partial charge in [0, 0.05) is 89.4 Å². The van der Waals surface area contributed by atoms with Crippen LogP contribution in [0.4, 0.5) is 4.39 Å². The zero-order valence-corrected chi connectivity index (χ0v) is 25.8. The molecule has 2 saturated heterocycles. The number of nitrogens with one attached hydrogen (secondary N) is 2. The number of hydrogen-bond donors (Lipinski definition) is 2. The average molecular weight is 620 g/mol. The molecule has 45 heavy (non-hydrogen) atoms. The molecule has 0 bridgehead atoms. The van der Waals surface area contributed by atoms with Crippen LogP contribution in [0.2, 0.25) is 0 Å². The number of H-pyrrole nitrogens is 1. The maximum atomic E-state index is 15.8. The van der Waals surface area contributed by atoms with Crippen LogP contribution in [-0.4, -0.2) is 108 Å². The average Bonchev–Trinajstić information content (AvgIpc) is 3.55. The smallest absolute Gasteiger partial charge is 0.230 e. The standard InChI is InChI=1S/C32H38FN7O5/c1-20(41)39-12-10-38(11-13-39)8-4-14-44-28-17-25-23(15-27(28)43-3)32(37-19-36-25)45-29-16-24(31-22(30(29)33)5-6-35-31)26-18-34-7-9-40(26)21(2)42/h5-6,15-17,19,26,34-35H,4,7-14,18H2,1-3H3. The first-order valence-corrected chi connectivity index (χ1v) is 15.2. The molecule has 2 aromatic heterocycles. The number of fused-ring (bicyclic) bond motifs is 2. The van der Waals surface area contributed by atoms with Crippen LogP contribution in [0.5, 0.6) is 23.1 Å². The van der Waals surface area contributed by atoms with Gasteiger partial charge in [0.25, 0.3) is 0 Å². The number of aromatic amines is 1. The third-order valence-corrected chi connectivity index (χ3v) is 8.57. The van der Waals surface area contributed by atoms with E-state index < -0.39 is 5.82 Å². The number of piperazine rings is 2. The zero-order valence-electron chi connectivity index (χ0n) is 25.8. The van der Waals surface area contributed by atoms with E-state index in [1.165, 1.54) is 6.33 Å². The Hall–Kier alpha value is -4.49. The highest BCUT2D eigenvalue weighted by Crippen LogP contribution is 2.40. The fraction of sp³-hybridized carbons (Fsp3) is 0.438. The molecule has 13 heteroatoms. The summed E-state index contributed by atoms with van der Waals surface area (Å²) in [6.45, 7) is 9.46. The van der Waals surface area contributed by atoms with Gasteiger partial charge in [0.2, 0.25) is 17.7 Å². The quantitative estimate of drug-likeness (QED) is 0.271. The molecule has 0 radical (unpaired) electrons. The lowest BCUT2D eigenvalue weighted by Crippen LogP contribution is -2.48. The first-order chi connectivity index (χ1) is 21.8. The molecule has 4 aromatic rings. The van der Waals surface area contributed by atoms with E-state index >= 15 is 4.39 Å². The zero-order chi connectivity index (χ0) is 31.5. The van der Waals surface area contributed by atoms with Crippen molar-refractivity contribution in [3.05, 3.63) is 48.2 Å². The van der Waals surface area contributed by atoms with Crippen molar-refractivity contribution in [2.24, 2.45) is 0 Å². The van der Waals surface area contributed by atoms with E-state index in [1.807, 2.05) is 4.90 Å². The van der Waals surface area contributed by atoms with Crippen LogP contribution in [0.25, 0.3) is 21.8 Å². The lowest BCUT2D eigenvalue weighted by Gasteiger charge is -2.36. The molecule has 1 unspecified atom stereocenters. The molecule has 238 valence electrons. The van der Waals surface area contributed by atoms with Gasteiger partial charge in [0.05, 0.1) is 36.2 Å². The third kappa shape index (κ3) is 6.36. The van der Waals surface area contributed by atoms with Gasteiger partial charge in [0.15, 0.2) is 23.1 Å². The summed E-state index contributed by atoms with van der Waals surface area (Å²) in [6.07, 6.45) is 3.85. The second-order valence-corrected chi connectivity index (χ2v) is 11.3. The van der Waals surface area contributed by atoms with Gasteiger partial charge in [-0.3, -0.25) is 14.5 Å². The van der Waals surface area contributed by atoms with Crippen molar-refractivity contribution in [2.45, 2.75) is 26.3 Å². The van der Waals surface area contributed by atoms with E-state index in [4.69, 9.17) is 14.2 Å². The highest BCUT2D eigenvalue weighted by molar-refractivity contribution is 5.89. The second kappa shape index (κ2) is 13.2. The van der Waals surface area contributed by atoms with E-state index in [0.29, 0.717) is 59.5 Å². The Morgan fingerprint density at radius 3 is 2.58 bits per heavy atom. The summed E-state index contributed by atoms with van der Waals surface area (Å²) in [4.78, 5) is 41.9. The van der Waals surface area contributed by atoms with Crippen molar-refractivity contribution >= 4 is 33.6 Å². The number of rotatable bonds is 9. The minimum atomic E-state index is -0.533. The number of amides is 2. The molecule has 0 spiro atoms. The van der Waals surface area contributed by atoms with Gasteiger partial charge in [-0.2, -0.15) is 0 Å². The molecule has 0 aliphatic carbocycles. The Morgan fingerprint density at radius 2 is 1.82 bits per heavy atom. The normalized spacial score (nSPS) is 17.6. The predicted octanol–water partition coefficient (Wildman–Crippen LogP) is 3.48. The molecule has 2 aliphatic rings. The number of halogens is 1. The monoisotopic (exact) mass is 619 g/mol. The molecule has 6 rings (SSSR count). The van der Waals surface area contributed by atoms with Gasteiger partial charge in [-0.15, -0.1) is 0 Å². The molecule has 2 fully saturated rings. The van der Waals surface area contributed by atoms with Crippen molar-refractivity contribution in [2.75, 3.05) is 66.1 Å². The Bertz CT molecular complexity index is 1700. The number of benzene rings is 2. The molecule has 12 nitrogen and oxygen atoms in total. The van der Waals surface area contributed by atoms with Gasteiger partial charge in [-0.05, 0) is 24.6 Å². The van der Waals surface area contributed by atoms with Crippen molar-refractivity contribution in [3.8, 4) is 23.1 Å². The van der Waals surface area contributed by atoms with Gasteiger partial charge >= 0.3 is 0 Å².